The average Bonchev–Trinajstić information content (AvgIpc) is 2.10. The number of fused-ring (bicyclic) bond motifs is 1. The Balaban J connectivity index is 2.05. The van der Waals surface area contributed by atoms with E-state index in [9.17, 15) is 0 Å². The molecule has 2 unspecified atom stereocenters. The summed E-state index contributed by atoms with van der Waals surface area (Å²) in [6.07, 6.45) is 5.32. The highest BCUT2D eigenvalue weighted by atomic mass is 14.9. The summed E-state index contributed by atoms with van der Waals surface area (Å²) in [5.41, 5.74) is 1.47. The predicted molar refractivity (Wildman–Crippen MR) is 38.9 cm³/mol. The molecule has 0 saturated heterocycles. The molecule has 1 nitrogen and oxygen atoms in total. The molecule has 0 spiro atoms. The van der Waals surface area contributed by atoms with Crippen LogP contribution in [0, 0.1) is 5.92 Å². The quantitative estimate of drug-likeness (QED) is 0.506. The normalized spacial score (nSPS) is 39.4. The van der Waals surface area contributed by atoms with Crippen molar-refractivity contribution in [2.24, 2.45) is 10.9 Å². The minimum Gasteiger partial charge on any atom is -0.291 e. The molecule has 1 fully saturated rings. The Labute approximate surface area is 56.2 Å². The Morgan fingerprint density at radius 3 is 2.78 bits per heavy atom. The first-order valence-corrected chi connectivity index (χ1v) is 3.95. The van der Waals surface area contributed by atoms with Crippen LogP contribution in [0.15, 0.2) is 4.99 Å². The molecule has 1 saturated carbocycles. The molecule has 0 radical (unpaired) electrons. The Kier molecular flexibility index (Phi) is 1.11. The van der Waals surface area contributed by atoms with Gasteiger partial charge in [0.15, 0.2) is 0 Å². The van der Waals surface area contributed by atoms with Gasteiger partial charge < -0.3 is 0 Å². The van der Waals surface area contributed by atoms with Gasteiger partial charge in [-0.25, -0.2) is 0 Å². The van der Waals surface area contributed by atoms with Gasteiger partial charge in [-0.1, -0.05) is 6.92 Å². The van der Waals surface area contributed by atoms with Gasteiger partial charge >= 0.3 is 0 Å². The predicted octanol–water partition coefficient (Wildman–Crippen LogP) is 2.02. The lowest BCUT2D eigenvalue weighted by Gasteiger charge is -2.27. The van der Waals surface area contributed by atoms with Crippen molar-refractivity contribution < 1.29 is 0 Å². The third kappa shape index (κ3) is 0.707. The highest BCUT2D eigenvalue weighted by molar-refractivity contribution is 5.86. The second kappa shape index (κ2) is 1.83. The van der Waals surface area contributed by atoms with Crippen molar-refractivity contribution in [3.63, 3.8) is 0 Å². The Hall–Kier alpha value is -0.330. The van der Waals surface area contributed by atoms with Gasteiger partial charge in [0, 0.05) is 5.71 Å². The molecular weight excluding hydrogens is 110 g/mol. The lowest BCUT2D eigenvalue weighted by atomic mass is 9.79. The molecule has 2 atom stereocenters. The van der Waals surface area contributed by atoms with E-state index < -0.39 is 0 Å². The molecule has 1 heteroatoms. The second-order valence-corrected chi connectivity index (χ2v) is 3.16. The van der Waals surface area contributed by atoms with Gasteiger partial charge in [0.25, 0.3) is 0 Å². The van der Waals surface area contributed by atoms with Gasteiger partial charge in [-0.05, 0) is 31.6 Å². The van der Waals surface area contributed by atoms with Gasteiger partial charge in [-0.2, -0.15) is 0 Å². The standard InChI is InChI=1S/C8H13N/c1-2-7-5-6-3-4-8(6)9-7/h6,8H,2-5H2,1H3. The third-order valence-corrected chi connectivity index (χ3v) is 2.63. The molecule has 0 amide bonds. The maximum absolute atomic E-state index is 4.59. The first-order chi connectivity index (χ1) is 4.40. The summed E-state index contributed by atoms with van der Waals surface area (Å²) < 4.78 is 0. The number of hydrogen-bond donors (Lipinski definition) is 0. The van der Waals surface area contributed by atoms with Gasteiger partial charge in [0.1, 0.15) is 0 Å². The first kappa shape index (κ1) is 5.45. The lowest BCUT2D eigenvalue weighted by Crippen LogP contribution is -2.25. The second-order valence-electron chi connectivity index (χ2n) is 3.16. The number of nitrogens with zero attached hydrogens (tertiary/aromatic N) is 1. The van der Waals surface area contributed by atoms with Crippen LogP contribution in [0.3, 0.4) is 0 Å². The van der Waals surface area contributed by atoms with Crippen molar-refractivity contribution >= 4 is 5.71 Å². The zero-order chi connectivity index (χ0) is 6.27. The van der Waals surface area contributed by atoms with Crippen LogP contribution in [0.4, 0.5) is 0 Å². The van der Waals surface area contributed by atoms with Gasteiger partial charge in [0.05, 0.1) is 6.04 Å². The molecule has 50 valence electrons. The van der Waals surface area contributed by atoms with Crippen LogP contribution in [-0.4, -0.2) is 11.8 Å². The average molecular weight is 123 g/mol. The van der Waals surface area contributed by atoms with E-state index in [2.05, 4.69) is 11.9 Å². The van der Waals surface area contributed by atoms with Crippen molar-refractivity contribution in [1.29, 1.82) is 0 Å². The minimum atomic E-state index is 0.764. The molecule has 1 aliphatic carbocycles. The van der Waals surface area contributed by atoms with E-state index >= 15 is 0 Å². The largest absolute Gasteiger partial charge is 0.291 e. The van der Waals surface area contributed by atoms with Crippen LogP contribution >= 0.6 is 0 Å². The summed E-state index contributed by atoms with van der Waals surface area (Å²) in [4.78, 5) is 4.59. The van der Waals surface area contributed by atoms with Crippen LogP contribution in [0.5, 0.6) is 0 Å². The van der Waals surface area contributed by atoms with Crippen molar-refractivity contribution in [3.8, 4) is 0 Å². The maximum atomic E-state index is 4.59. The van der Waals surface area contributed by atoms with E-state index in [1.165, 1.54) is 31.4 Å². The molecule has 1 aliphatic heterocycles. The molecule has 0 aromatic rings. The van der Waals surface area contributed by atoms with Gasteiger partial charge in [0.2, 0.25) is 0 Å². The minimum absolute atomic E-state index is 0.764. The van der Waals surface area contributed by atoms with Gasteiger partial charge in [-0.3, -0.25) is 4.99 Å². The fraction of sp³-hybridized carbons (Fsp3) is 0.875. The van der Waals surface area contributed by atoms with Gasteiger partial charge in [-0.15, -0.1) is 0 Å². The summed E-state index contributed by atoms with van der Waals surface area (Å²) in [5, 5.41) is 0. The van der Waals surface area contributed by atoms with Crippen molar-refractivity contribution in [1.82, 2.24) is 0 Å². The molecule has 0 N–H and O–H groups in total. The van der Waals surface area contributed by atoms with E-state index in [0.717, 1.165) is 12.0 Å². The van der Waals surface area contributed by atoms with Crippen LogP contribution < -0.4 is 0 Å². The van der Waals surface area contributed by atoms with E-state index in [1.54, 1.807) is 0 Å². The van der Waals surface area contributed by atoms with Crippen LogP contribution in [0.1, 0.15) is 32.6 Å². The number of aliphatic imine (C=N–C) groups is 1. The summed E-state index contributed by atoms with van der Waals surface area (Å²) in [6.45, 7) is 2.21. The molecule has 9 heavy (non-hydrogen) atoms. The molecular formula is C8H13N. The van der Waals surface area contributed by atoms with E-state index in [0.29, 0.717) is 0 Å². The number of rotatable bonds is 1. The van der Waals surface area contributed by atoms with Crippen molar-refractivity contribution in [2.75, 3.05) is 0 Å². The molecule has 2 aliphatic rings. The van der Waals surface area contributed by atoms with Crippen molar-refractivity contribution in [2.45, 2.75) is 38.6 Å². The molecule has 2 rings (SSSR count). The van der Waals surface area contributed by atoms with E-state index in [-0.39, 0.29) is 0 Å². The summed E-state index contributed by atoms with van der Waals surface area (Å²) >= 11 is 0. The Morgan fingerprint density at radius 2 is 2.44 bits per heavy atom. The zero-order valence-corrected chi connectivity index (χ0v) is 5.93. The highest BCUT2D eigenvalue weighted by Gasteiger charge is 2.35. The van der Waals surface area contributed by atoms with E-state index in [4.69, 9.17) is 0 Å². The SMILES string of the molecule is CCC1=NC2CCC2C1. The fourth-order valence-electron chi connectivity index (χ4n) is 1.78. The van der Waals surface area contributed by atoms with Crippen LogP contribution in [0.2, 0.25) is 0 Å². The number of hydrogen-bond acceptors (Lipinski definition) is 1. The Morgan fingerprint density at radius 1 is 1.56 bits per heavy atom. The first-order valence-electron chi connectivity index (χ1n) is 3.95. The maximum Gasteiger partial charge on any atom is 0.0530 e. The smallest absolute Gasteiger partial charge is 0.0530 e. The molecule has 0 aromatic carbocycles. The molecule has 0 aromatic heterocycles. The van der Waals surface area contributed by atoms with Crippen LogP contribution in [0.25, 0.3) is 0 Å². The summed E-state index contributed by atoms with van der Waals surface area (Å²) in [5.74, 6) is 0.972. The lowest BCUT2D eigenvalue weighted by molar-refractivity contribution is 0.289. The van der Waals surface area contributed by atoms with Crippen molar-refractivity contribution in [3.05, 3.63) is 0 Å². The molecule has 0 bridgehead atoms. The fourth-order valence-corrected chi connectivity index (χ4v) is 1.78. The third-order valence-electron chi connectivity index (χ3n) is 2.63. The topological polar surface area (TPSA) is 12.4 Å². The summed E-state index contributed by atoms with van der Waals surface area (Å²) in [6, 6.07) is 0.764. The van der Waals surface area contributed by atoms with E-state index in [1.807, 2.05) is 0 Å². The molecule has 1 heterocycles. The van der Waals surface area contributed by atoms with Crippen LogP contribution in [-0.2, 0) is 0 Å². The Bertz CT molecular complexity index is 149. The summed E-state index contributed by atoms with van der Waals surface area (Å²) in [7, 11) is 0. The zero-order valence-electron chi connectivity index (χ0n) is 5.93. The highest BCUT2D eigenvalue weighted by Crippen LogP contribution is 2.38. The monoisotopic (exact) mass is 123 g/mol.